The molecule has 0 aliphatic heterocycles. The Balaban J connectivity index is 1.74. The number of furan rings is 1. The molecule has 2 amide bonds. The van der Waals surface area contributed by atoms with E-state index >= 15 is 0 Å². The summed E-state index contributed by atoms with van der Waals surface area (Å²) in [5, 5.41) is 19.0. The molecule has 20 heavy (non-hydrogen) atoms. The smallest absolute Gasteiger partial charge is 0.315 e. The number of nitrogens with one attached hydrogen (secondary N) is 2. The molecule has 108 valence electrons. The fraction of sp³-hybridized carbons (Fsp3) is 0.357. The van der Waals surface area contributed by atoms with Gasteiger partial charge >= 0.3 is 6.03 Å². The summed E-state index contributed by atoms with van der Waals surface area (Å²) in [4.78, 5) is 11.6. The number of carbonyl (C=O) groups is 1. The van der Waals surface area contributed by atoms with Crippen LogP contribution < -0.4 is 10.6 Å². The Hall–Kier alpha value is -1.79. The second-order valence-corrected chi connectivity index (χ2v) is 5.35. The van der Waals surface area contributed by atoms with Crippen LogP contribution in [0, 0.1) is 13.8 Å². The maximum Gasteiger partial charge on any atom is 0.315 e. The van der Waals surface area contributed by atoms with E-state index in [9.17, 15) is 9.90 Å². The van der Waals surface area contributed by atoms with Gasteiger partial charge in [0.05, 0.1) is 6.10 Å². The Morgan fingerprint density at radius 1 is 1.45 bits per heavy atom. The molecule has 2 heterocycles. The van der Waals surface area contributed by atoms with E-state index in [1.807, 2.05) is 36.7 Å². The number of rotatable bonds is 5. The van der Waals surface area contributed by atoms with Crippen molar-refractivity contribution in [1.82, 2.24) is 10.6 Å². The Kier molecular flexibility index (Phi) is 4.81. The molecule has 3 N–H and O–H groups in total. The normalized spacial score (nSPS) is 12.2. The van der Waals surface area contributed by atoms with Crippen LogP contribution in [0.3, 0.4) is 0 Å². The summed E-state index contributed by atoms with van der Waals surface area (Å²) in [6.07, 6.45) is -0.676. The van der Waals surface area contributed by atoms with Gasteiger partial charge in [0.2, 0.25) is 0 Å². The van der Waals surface area contributed by atoms with Gasteiger partial charge in [-0.15, -0.1) is 0 Å². The van der Waals surface area contributed by atoms with Crippen LogP contribution in [0.15, 0.2) is 27.3 Å². The summed E-state index contributed by atoms with van der Waals surface area (Å²) in [5.74, 6) is 1.63. The van der Waals surface area contributed by atoms with Crippen LogP contribution in [0.4, 0.5) is 4.79 Å². The highest BCUT2D eigenvalue weighted by molar-refractivity contribution is 7.07. The van der Waals surface area contributed by atoms with Crippen molar-refractivity contribution in [1.29, 1.82) is 0 Å². The lowest BCUT2D eigenvalue weighted by Gasteiger charge is -2.11. The van der Waals surface area contributed by atoms with Crippen molar-refractivity contribution in [3.63, 3.8) is 0 Å². The minimum Gasteiger partial charge on any atom is -0.466 e. The van der Waals surface area contributed by atoms with Gasteiger partial charge in [0.15, 0.2) is 0 Å². The second-order valence-electron chi connectivity index (χ2n) is 4.57. The summed E-state index contributed by atoms with van der Waals surface area (Å²) in [5.41, 5.74) is 1.77. The lowest BCUT2D eigenvalue weighted by molar-refractivity contribution is 0.173. The van der Waals surface area contributed by atoms with Crippen LogP contribution in [0.25, 0.3) is 0 Å². The maximum atomic E-state index is 11.6. The zero-order chi connectivity index (χ0) is 14.5. The van der Waals surface area contributed by atoms with E-state index in [-0.39, 0.29) is 12.6 Å². The largest absolute Gasteiger partial charge is 0.466 e. The molecule has 0 fully saturated rings. The molecule has 0 aliphatic rings. The Morgan fingerprint density at radius 3 is 2.85 bits per heavy atom. The number of thiophene rings is 1. The predicted molar refractivity (Wildman–Crippen MR) is 77.7 cm³/mol. The zero-order valence-corrected chi connectivity index (χ0v) is 12.3. The number of amides is 2. The Labute approximate surface area is 121 Å². The zero-order valence-electron chi connectivity index (χ0n) is 11.5. The molecule has 0 aliphatic carbocycles. The minimum absolute atomic E-state index is 0.186. The predicted octanol–water partition coefficient (Wildman–Crippen LogP) is 2.49. The number of aryl methyl sites for hydroxylation is 2. The van der Waals surface area contributed by atoms with E-state index in [2.05, 4.69) is 10.6 Å². The molecule has 0 saturated heterocycles. The minimum atomic E-state index is -0.676. The third-order valence-corrected chi connectivity index (χ3v) is 3.67. The quantitative estimate of drug-likeness (QED) is 0.793. The third-order valence-electron chi connectivity index (χ3n) is 2.97. The summed E-state index contributed by atoms with van der Waals surface area (Å²) >= 11 is 1.51. The van der Waals surface area contributed by atoms with Crippen LogP contribution in [-0.4, -0.2) is 17.7 Å². The van der Waals surface area contributed by atoms with Crippen molar-refractivity contribution < 1.29 is 14.3 Å². The van der Waals surface area contributed by atoms with E-state index in [0.717, 1.165) is 22.6 Å². The van der Waals surface area contributed by atoms with E-state index < -0.39 is 6.10 Å². The molecule has 0 saturated carbocycles. The van der Waals surface area contributed by atoms with Gasteiger partial charge in [-0.1, -0.05) is 0 Å². The number of hydrogen-bond acceptors (Lipinski definition) is 4. The van der Waals surface area contributed by atoms with Gasteiger partial charge < -0.3 is 20.2 Å². The highest BCUT2D eigenvalue weighted by atomic mass is 32.1. The van der Waals surface area contributed by atoms with Crippen molar-refractivity contribution >= 4 is 17.4 Å². The molecule has 1 atom stereocenters. The number of urea groups is 1. The molecule has 2 aromatic rings. The Bertz CT molecular complexity index is 563. The number of carbonyl (C=O) groups excluding carboxylic acids is 1. The van der Waals surface area contributed by atoms with Crippen LogP contribution >= 0.6 is 11.3 Å². The summed E-state index contributed by atoms with van der Waals surface area (Å²) in [6, 6.07) is 3.43. The van der Waals surface area contributed by atoms with Crippen LogP contribution in [-0.2, 0) is 6.54 Å². The molecule has 1 unspecified atom stereocenters. The summed E-state index contributed by atoms with van der Waals surface area (Å²) in [6.45, 7) is 4.32. The summed E-state index contributed by atoms with van der Waals surface area (Å²) < 4.78 is 5.38. The van der Waals surface area contributed by atoms with Crippen molar-refractivity contribution in [3.8, 4) is 0 Å². The van der Waals surface area contributed by atoms with Gasteiger partial charge in [-0.05, 0) is 42.3 Å². The first-order valence-electron chi connectivity index (χ1n) is 6.34. The molecule has 0 aromatic carbocycles. The average molecular weight is 294 g/mol. The standard InChI is InChI=1S/C14H18N2O3S/c1-9-5-12(10(2)19-9)6-15-14(18)16-7-13(17)11-3-4-20-8-11/h3-5,8,13,17H,6-7H2,1-2H3,(H2,15,16,18). The van der Waals surface area contributed by atoms with Crippen LogP contribution in [0.2, 0.25) is 0 Å². The fourth-order valence-electron chi connectivity index (χ4n) is 1.87. The molecular formula is C14H18N2O3S. The number of aliphatic hydroxyl groups is 1. The highest BCUT2D eigenvalue weighted by Crippen LogP contribution is 2.15. The maximum absolute atomic E-state index is 11.6. The first kappa shape index (κ1) is 14.6. The van der Waals surface area contributed by atoms with E-state index in [4.69, 9.17) is 4.42 Å². The Morgan fingerprint density at radius 2 is 2.25 bits per heavy atom. The molecule has 0 spiro atoms. The molecule has 2 rings (SSSR count). The topological polar surface area (TPSA) is 74.5 Å². The third kappa shape index (κ3) is 3.85. The number of aliphatic hydroxyl groups excluding tert-OH is 1. The van der Waals surface area contributed by atoms with Gasteiger partial charge in [0, 0.05) is 18.7 Å². The van der Waals surface area contributed by atoms with E-state index in [0.29, 0.717) is 6.54 Å². The molecule has 6 heteroatoms. The molecule has 0 bridgehead atoms. The van der Waals surface area contributed by atoms with Crippen LogP contribution in [0.5, 0.6) is 0 Å². The first-order chi connectivity index (χ1) is 9.56. The average Bonchev–Trinajstić information content (AvgIpc) is 3.03. The molecule has 0 radical (unpaired) electrons. The van der Waals surface area contributed by atoms with Crippen molar-refractivity contribution in [2.45, 2.75) is 26.5 Å². The van der Waals surface area contributed by atoms with Gasteiger partial charge in [0.1, 0.15) is 11.5 Å². The molecule has 2 aromatic heterocycles. The van der Waals surface area contributed by atoms with Gasteiger partial charge in [-0.2, -0.15) is 11.3 Å². The van der Waals surface area contributed by atoms with Crippen molar-refractivity contribution in [2.75, 3.05) is 6.54 Å². The van der Waals surface area contributed by atoms with E-state index in [1.54, 1.807) is 0 Å². The number of hydrogen-bond donors (Lipinski definition) is 3. The monoisotopic (exact) mass is 294 g/mol. The van der Waals surface area contributed by atoms with Gasteiger partial charge in [-0.25, -0.2) is 4.79 Å². The molecule has 5 nitrogen and oxygen atoms in total. The van der Waals surface area contributed by atoms with Gasteiger partial charge in [-0.3, -0.25) is 0 Å². The van der Waals surface area contributed by atoms with Gasteiger partial charge in [0.25, 0.3) is 0 Å². The SMILES string of the molecule is Cc1cc(CNC(=O)NCC(O)c2ccsc2)c(C)o1. The second kappa shape index (κ2) is 6.58. The van der Waals surface area contributed by atoms with Crippen molar-refractivity contribution in [2.24, 2.45) is 0 Å². The lowest BCUT2D eigenvalue weighted by atomic mass is 10.2. The fourth-order valence-corrected chi connectivity index (χ4v) is 2.58. The highest BCUT2D eigenvalue weighted by Gasteiger charge is 2.10. The van der Waals surface area contributed by atoms with Crippen molar-refractivity contribution in [3.05, 3.63) is 45.5 Å². The van der Waals surface area contributed by atoms with E-state index in [1.165, 1.54) is 11.3 Å². The molecular weight excluding hydrogens is 276 g/mol. The summed E-state index contributed by atoms with van der Waals surface area (Å²) in [7, 11) is 0. The first-order valence-corrected chi connectivity index (χ1v) is 7.28. The van der Waals surface area contributed by atoms with Crippen LogP contribution in [0.1, 0.15) is 28.8 Å². The lowest BCUT2D eigenvalue weighted by Crippen LogP contribution is -2.37.